The molecule has 0 radical (unpaired) electrons. The molecule has 0 atom stereocenters. The predicted molar refractivity (Wildman–Crippen MR) is 49.7 cm³/mol. The van der Waals surface area contributed by atoms with Crippen LogP contribution in [0.1, 0.15) is 31.5 Å². The van der Waals surface area contributed by atoms with Gasteiger partial charge in [-0.3, -0.25) is 4.99 Å². The Balaban J connectivity index is 2.19. The summed E-state index contributed by atoms with van der Waals surface area (Å²) in [6.07, 6.45) is 7.70. The third kappa shape index (κ3) is 2.08. The van der Waals surface area contributed by atoms with Crippen LogP contribution in [0.4, 0.5) is 0 Å². The average molecular weight is 176 g/mol. The minimum absolute atomic E-state index is 0.747. The van der Waals surface area contributed by atoms with Gasteiger partial charge in [-0.1, -0.05) is 6.42 Å². The fraction of sp³-hybridized carbons (Fsp3) is 0.556. The molecule has 0 N–H and O–H groups in total. The van der Waals surface area contributed by atoms with Crippen LogP contribution in [0.25, 0.3) is 0 Å². The Labute approximate surface area is 77.2 Å². The van der Waals surface area contributed by atoms with Crippen molar-refractivity contribution >= 4 is 5.71 Å². The van der Waals surface area contributed by atoms with Crippen LogP contribution >= 0.6 is 0 Å². The molecule has 1 aromatic rings. The quantitative estimate of drug-likeness (QED) is 0.646. The minimum Gasteiger partial charge on any atom is -0.286 e. The standard InChI is InChI=1S/C9H12N4/c1-2-4-8(11-5-3-1)9-12-6-10-7-13-9/h6-7H,1-5H2. The second-order valence-electron chi connectivity index (χ2n) is 3.10. The molecule has 0 fully saturated rings. The van der Waals surface area contributed by atoms with Crippen LogP contribution in [-0.4, -0.2) is 27.2 Å². The molecule has 1 aromatic heterocycles. The summed E-state index contributed by atoms with van der Waals surface area (Å²) >= 11 is 0. The van der Waals surface area contributed by atoms with E-state index in [1.165, 1.54) is 31.9 Å². The maximum absolute atomic E-state index is 4.46. The first-order valence-corrected chi connectivity index (χ1v) is 4.62. The molecule has 0 saturated heterocycles. The first-order chi connectivity index (χ1) is 6.47. The highest BCUT2D eigenvalue weighted by Gasteiger charge is 2.08. The van der Waals surface area contributed by atoms with E-state index in [2.05, 4.69) is 19.9 Å². The molecule has 13 heavy (non-hydrogen) atoms. The molecule has 0 aromatic carbocycles. The van der Waals surface area contributed by atoms with Crippen molar-refractivity contribution in [3.8, 4) is 0 Å². The lowest BCUT2D eigenvalue weighted by molar-refractivity contribution is 0.731. The first-order valence-electron chi connectivity index (χ1n) is 4.62. The van der Waals surface area contributed by atoms with Gasteiger partial charge in [0.1, 0.15) is 12.7 Å². The van der Waals surface area contributed by atoms with Crippen LogP contribution in [0.2, 0.25) is 0 Å². The van der Waals surface area contributed by atoms with Gasteiger partial charge in [-0.05, 0) is 19.3 Å². The molecule has 4 heteroatoms. The van der Waals surface area contributed by atoms with Crippen molar-refractivity contribution in [2.75, 3.05) is 6.54 Å². The van der Waals surface area contributed by atoms with E-state index in [0.717, 1.165) is 24.5 Å². The average Bonchev–Trinajstić information content (AvgIpc) is 2.47. The highest BCUT2D eigenvalue weighted by atomic mass is 15.0. The molecule has 0 saturated carbocycles. The number of aliphatic imine (C=N–C) groups is 1. The van der Waals surface area contributed by atoms with Crippen LogP contribution in [0.5, 0.6) is 0 Å². The van der Waals surface area contributed by atoms with Crippen LogP contribution in [0.15, 0.2) is 17.6 Å². The van der Waals surface area contributed by atoms with Crippen molar-refractivity contribution < 1.29 is 0 Å². The second kappa shape index (κ2) is 4.07. The van der Waals surface area contributed by atoms with E-state index < -0.39 is 0 Å². The Kier molecular flexibility index (Phi) is 2.59. The number of aromatic nitrogens is 3. The van der Waals surface area contributed by atoms with Gasteiger partial charge in [0, 0.05) is 6.54 Å². The van der Waals surface area contributed by atoms with E-state index in [1.807, 2.05) is 0 Å². The molecule has 2 heterocycles. The lowest BCUT2D eigenvalue weighted by atomic mass is 10.1. The van der Waals surface area contributed by atoms with Gasteiger partial charge in [-0.25, -0.2) is 15.0 Å². The monoisotopic (exact) mass is 176 g/mol. The Morgan fingerprint density at radius 3 is 2.69 bits per heavy atom. The predicted octanol–water partition coefficient (Wildman–Crippen LogP) is 1.23. The van der Waals surface area contributed by atoms with Crippen molar-refractivity contribution in [1.82, 2.24) is 15.0 Å². The Morgan fingerprint density at radius 2 is 1.85 bits per heavy atom. The normalized spacial score (nSPS) is 17.7. The minimum atomic E-state index is 0.747. The van der Waals surface area contributed by atoms with Gasteiger partial charge in [-0.2, -0.15) is 0 Å². The van der Waals surface area contributed by atoms with Gasteiger partial charge < -0.3 is 0 Å². The topological polar surface area (TPSA) is 51.0 Å². The van der Waals surface area contributed by atoms with Gasteiger partial charge in [0.25, 0.3) is 0 Å². The number of rotatable bonds is 1. The van der Waals surface area contributed by atoms with Gasteiger partial charge in [0.15, 0.2) is 5.82 Å². The summed E-state index contributed by atoms with van der Waals surface area (Å²) in [5.74, 6) is 0.747. The highest BCUT2D eigenvalue weighted by Crippen LogP contribution is 2.10. The zero-order valence-corrected chi connectivity index (χ0v) is 7.48. The SMILES string of the molecule is c1ncnc(C2=NCCCCC2)n1. The summed E-state index contributed by atoms with van der Waals surface area (Å²) in [5.41, 5.74) is 1.04. The molecular weight excluding hydrogens is 164 g/mol. The molecule has 2 rings (SSSR count). The summed E-state index contributed by atoms with van der Waals surface area (Å²) in [5, 5.41) is 0. The fourth-order valence-corrected chi connectivity index (χ4v) is 1.44. The summed E-state index contributed by atoms with van der Waals surface area (Å²) in [6.45, 7) is 0.918. The molecule has 0 spiro atoms. The third-order valence-electron chi connectivity index (χ3n) is 2.13. The summed E-state index contributed by atoms with van der Waals surface area (Å²) < 4.78 is 0. The summed E-state index contributed by atoms with van der Waals surface area (Å²) in [4.78, 5) is 16.4. The van der Waals surface area contributed by atoms with Gasteiger partial charge >= 0.3 is 0 Å². The van der Waals surface area contributed by atoms with E-state index in [1.54, 1.807) is 0 Å². The molecule has 1 aliphatic heterocycles. The van der Waals surface area contributed by atoms with Gasteiger partial charge in [-0.15, -0.1) is 0 Å². The zero-order chi connectivity index (χ0) is 8.93. The van der Waals surface area contributed by atoms with Gasteiger partial charge in [0.05, 0.1) is 5.71 Å². The fourth-order valence-electron chi connectivity index (χ4n) is 1.44. The molecule has 0 bridgehead atoms. The smallest absolute Gasteiger partial charge is 0.176 e. The van der Waals surface area contributed by atoms with Crippen molar-refractivity contribution in [2.24, 2.45) is 4.99 Å². The Bertz CT molecular complexity index is 294. The lowest BCUT2D eigenvalue weighted by Gasteiger charge is -1.99. The molecule has 68 valence electrons. The number of nitrogens with zero attached hydrogens (tertiary/aromatic N) is 4. The van der Waals surface area contributed by atoms with Crippen molar-refractivity contribution in [1.29, 1.82) is 0 Å². The lowest BCUT2D eigenvalue weighted by Crippen LogP contribution is -2.06. The maximum Gasteiger partial charge on any atom is 0.176 e. The highest BCUT2D eigenvalue weighted by molar-refractivity contribution is 5.97. The zero-order valence-electron chi connectivity index (χ0n) is 7.48. The number of hydrogen-bond donors (Lipinski definition) is 0. The van der Waals surface area contributed by atoms with E-state index in [0.29, 0.717) is 0 Å². The van der Waals surface area contributed by atoms with Crippen LogP contribution in [0, 0.1) is 0 Å². The molecular formula is C9H12N4. The Morgan fingerprint density at radius 1 is 1.00 bits per heavy atom. The van der Waals surface area contributed by atoms with E-state index in [9.17, 15) is 0 Å². The molecule has 0 amide bonds. The molecule has 0 aliphatic carbocycles. The Hall–Kier alpha value is -1.32. The molecule has 1 aliphatic rings. The summed E-state index contributed by atoms with van der Waals surface area (Å²) in [7, 11) is 0. The second-order valence-corrected chi connectivity index (χ2v) is 3.10. The maximum atomic E-state index is 4.46. The van der Waals surface area contributed by atoms with E-state index in [-0.39, 0.29) is 0 Å². The van der Waals surface area contributed by atoms with Crippen LogP contribution < -0.4 is 0 Å². The van der Waals surface area contributed by atoms with E-state index >= 15 is 0 Å². The third-order valence-corrected chi connectivity index (χ3v) is 2.13. The first kappa shape index (κ1) is 8.29. The molecule has 0 unspecified atom stereocenters. The van der Waals surface area contributed by atoms with Gasteiger partial charge in [0.2, 0.25) is 0 Å². The van der Waals surface area contributed by atoms with E-state index in [4.69, 9.17) is 0 Å². The largest absolute Gasteiger partial charge is 0.286 e. The van der Waals surface area contributed by atoms with Crippen molar-refractivity contribution in [3.05, 3.63) is 18.5 Å². The van der Waals surface area contributed by atoms with Crippen molar-refractivity contribution in [3.63, 3.8) is 0 Å². The number of hydrogen-bond acceptors (Lipinski definition) is 4. The van der Waals surface area contributed by atoms with Crippen molar-refractivity contribution in [2.45, 2.75) is 25.7 Å². The summed E-state index contributed by atoms with van der Waals surface area (Å²) in [6, 6.07) is 0. The van der Waals surface area contributed by atoms with Crippen LogP contribution in [-0.2, 0) is 0 Å². The van der Waals surface area contributed by atoms with Crippen LogP contribution in [0.3, 0.4) is 0 Å². The molecule has 4 nitrogen and oxygen atoms in total.